The van der Waals surface area contributed by atoms with E-state index in [4.69, 9.17) is 10.8 Å². The summed E-state index contributed by atoms with van der Waals surface area (Å²) < 4.78 is 0. The number of hydrogen-bond acceptors (Lipinski definition) is 4. The van der Waals surface area contributed by atoms with Crippen molar-refractivity contribution in [2.45, 2.75) is 0 Å². The minimum Gasteiger partial charge on any atom is -0.478 e. The van der Waals surface area contributed by atoms with Crippen molar-refractivity contribution in [3.05, 3.63) is 82.9 Å². The van der Waals surface area contributed by atoms with Gasteiger partial charge in [0.25, 0.3) is 5.91 Å². The number of anilines is 2. The van der Waals surface area contributed by atoms with Crippen LogP contribution in [0.5, 0.6) is 0 Å². The summed E-state index contributed by atoms with van der Waals surface area (Å²) in [4.78, 5) is 36.8. The Morgan fingerprint density at radius 2 is 1.56 bits per heavy atom. The molecule has 0 aliphatic heterocycles. The summed E-state index contributed by atoms with van der Waals surface area (Å²) in [5.41, 5.74) is 8.59. The van der Waals surface area contributed by atoms with Gasteiger partial charge in [-0.1, -0.05) is 36.4 Å². The first-order valence-electron chi connectivity index (χ1n) is 8.18. The van der Waals surface area contributed by atoms with Gasteiger partial charge < -0.3 is 16.2 Å². The maximum atomic E-state index is 12.8. The van der Waals surface area contributed by atoms with E-state index in [0.717, 1.165) is 5.56 Å². The van der Waals surface area contributed by atoms with Gasteiger partial charge in [-0.15, -0.1) is 0 Å². The van der Waals surface area contributed by atoms with E-state index in [1.807, 2.05) is 18.2 Å². The number of hydrogen-bond donors (Lipinski definition) is 3. The van der Waals surface area contributed by atoms with E-state index >= 15 is 0 Å². The first kappa shape index (κ1) is 16.5. The fourth-order valence-electron chi connectivity index (χ4n) is 3.28. The number of aromatic carboxylic acids is 1. The van der Waals surface area contributed by atoms with Crippen LogP contribution in [-0.2, 0) is 0 Å². The fourth-order valence-corrected chi connectivity index (χ4v) is 3.28. The van der Waals surface area contributed by atoms with Crippen molar-refractivity contribution < 1.29 is 19.5 Å². The molecule has 1 aliphatic carbocycles. The molecule has 0 heterocycles. The van der Waals surface area contributed by atoms with Crippen molar-refractivity contribution in [2.75, 3.05) is 11.1 Å². The number of rotatable bonds is 3. The summed E-state index contributed by atoms with van der Waals surface area (Å²) in [5, 5.41) is 11.8. The Morgan fingerprint density at radius 1 is 0.852 bits per heavy atom. The molecule has 0 unspecified atom stereocenters. The van der Waals surface area contributed by atoms with Crippen molar-refractivity contribution in [1.29, 1.82) is 0 Å². The summed E-state index contributed by atoms with van der Waals surface area (Å²) in [5.74, 6) is -1.88. The first-order valence-corrected chi connectivity index (χ1v) is 8.18. The molecule has 0 fully saturated rings. The summed E-state index contributed by atoms with van der Waals surface area (Å²) in [7, 11) is 0. The quantitative estimate of drug-likeness (QED) is 0.486. The number of carbonyl (C=O) groups is 3. The molecule has 0 spiro atoms. The zero-order valence-electron chi connectivity index (χ0n) is 14.0. The van der Waals surface area contributed by atoms with Gasteiger partial charge in [0.05, 0.1) is 11.1 Å². The number of carbonyl (C=O) groups excluding carboxylic acids is 2. The lowest BCUT2D eigenvalue weighted by molar-refractivity contribution is 0.0697. The lowest BCUT2D eigenvalue weighted by Crippen LogP contribution is -2.16. The van der Waals surface area contributed by atoms with E-state index in [9.17, 15) is 14.4 Å². The van der Waals surface area contributed by atoms with Gasteiger partial charge in [-0.05, 0) is 35.4 Å². The average molecular weight is 358 g/mol. The number of nitrogens with two attached hydrogens (primary N) is 1. The Bertz CT molecular complexity index is 1130. The van der Waals surface area contributed by atoms with Crippen LogP contribution in [-0.4, -0.2) is 22.8 Å². The van der Waals surface area contributed by atoms with Crippen LogP contribution < -0.4 is 11.1 Å². The van der Waals surface area contributed by atoms with E-state index in [1.54, 1.807) is 24.3 Å². The van der Waals surface area contributed by atoms with Crippen LogP contribution in [0.1, 0.15) is 36.6 Å². The highest BCUT2D eigenvalue weighted by Gasteiger charge is 2.30. The summed E-state index contributed by atoms with van der Waals surface area (Å²) in [6.45, 7) is 0. The third-order valence-corrected chi connectivity index (χ3v) is 4.54. The van der Waals surface area contributed by atoms with Crippen LogP contribution in [0.15, 0.2) is 60.7 Å². The smallest absolute Gasteiger partial charge is 0.337 e. The topological polar surface area (TPSA) is 109 Å². The second kappa shape index (κ2) is 6.10. The molecule has 6 heteroatoms. The zero-order valence-corrected chi connectivity index (χ0v) is 14.0. The van der Waals surface area contributed by atoms with Crippen LogP contribution in [0.25, 0.3) is 11.1 Å². The van der Waals surface area contributed by atoms with Gasteiger partial charge in [-0.3, -0.25) is 9.59 Å². The Hall–Kier alpha value is -3.93. The normalized spacial score (nSPS) is 11.6. The Morgan fingerprint density at radius 3 is 2.30 bits per heavy atom. The van der Waals surface area contributed by atoms with Crippen molar-refractivity contribution in [3.63, 3.8) is 0 Å². The molecule has 1 aliphatic rings. The molecular weight excluding hydrogens is 344 g/mol. The largest absolute Gasteiger partial charge is 0.478 e. The van der Waals surface area contributed by atoms with Crippen molar-refractivity contribution in [2.24, 2.45) is 0 Å². The monoisotopic (exact) mass is 358 g/mol. The molecule has 4 rings (SSSR count). The molecule has 3 aromatic rings. The van der Waals surface area contributed by atoms with Gasteiger partial charge in [0.15, 0.2) is 5.78 Å². The van der Waals surface area contributed by atoms with Crippen LogP contribution in [0.3, 0.4) is 0 Å². The van der Waals surface area contributed by atoms with E-state index in [1.165, 1.54) is 18.2 Å². The highest BCUT2D eigenvalue weighted by molar-refractivity contribution is 6.26. The number of carboxylic acid groups (broad SMARTS) is 1. The Labute approximate surface area is 154 Å². The van der Waals surface area contributed by atoms with E-state index in [2.05, 4.69) is 5.32 Å². The molecule has 0 aromatic heterocycles. The zero-order chi connectivity index (χ0) is 19.1. The van der Waals surface area contributed by atoms with E-state index < -0.39 is 11.9 Å². The van der Waals surface area contributed by atoms with E-state index in [-0.39, 0.29) is 28.3 Å². The standard InChI is InChI=1S/C21H14N2O4/c22-17-9-8-11(10-16(17)21(26)27)23-20(25)15-7-3-6-13-12-4-1-2-5-14(12)19(24)18(13)15/h1-10H,22H2,(H,23,25)(H,26,27). The Balaban J connectivity index is 1.72. The van der Waals surface area contributed by atoms with Gasteiger partial charge in [0.1, 0.15) is 0 Å². The minimum absolute atomic E-state index is 0.102. The predicted octanol–water partition coefficient (Wildman–Crippen LogP) is 3.43. The van der Waals surface area contributed by atoms with Crippen molar-refractivity contribution in [3.8, 4) is 11.1 Å². The molecule has 4 N–H and O–H groups in total. The third kappa shape index (κ3) is 2.64. The first-order chi connectivity index (χ1) is 13.0. The summed E-state index contributed by atoms with van der Waals surface area (Å²) in [6.07, 6.45) is 0. The molecule has 0 bridgehead atoms. The van der Waals surface area contributed by atoms with Crippen LogP contribution in [0.4, 0.5) is 11.4 Å². The molecule has 6 nitrogen and oxygen atoms in total. The molecule has 0 saturated heterocycles. The summed E-state index contributed by atoms with van der Waals surface area (Å²) >= 11 is 0. The molecule has 132 valence electrons. The molecule has 0 saturated carbocycles. The molecule has 1 amide bonds. The third-order valence-electron chi connectivity index (χ3n) is 4.54. The molecule has 3 aromatic carbocycles. The highest BCUT2D eigenvalue weighted by Crippen LogP contribution is 2.38. The highest BCUT2D eigenvalue weighted by atomic mass is 16.4. The molecule has 0 atom stereocenters. The van der Waals surface area contributed by atoms with Crippen molar-refractivity contribution in [1.82, 2.24) is 0 Å². The lowest BCUT2D eigenvalue weighted by Gasteiger charge is -2.10. The minimum atomic E-state index is -1.19. The number of amides is 1. The van der Waals surface area contributed by atoms with Gasteiger partial charge in [-0.25, -0.2) is 4.79 Å². The molecule has 27 heavy (non-hydrogen) atoms. The van der Waals surface area contributed by atoms with Crippen molar-refractivity contribution >= 4 is 29.0 Å². The number of carboxylic acids is 1. The number of ketones is 1. The van der Waals surface area contributed by atoms with Crippen LogP contribution >= 0.6 is 0 Å². The summed E-state index contributed by atoms with van der Waals surface area (Å²) in [6, 6.07) is 16.5. The van der Waals surface area contributed by atoms with Gasteiger partial charge >= 0.3 is 5.97 Å². The second-order valence-corrected chi connectivity index (χ2v) is 6.16. The number of benzene rings is 3. The predicted molar refractivity (Wildman–Crippen MR) is 101 cm³/mol. The van der Waals surface area contributed by atoms with Crippen LogP contribution in [0, 0.1) is 0 Å². The molecular formula is C21H14N2O4. The van der Waals surface area contributed by atoms with Crippen LogP contribution in [0.2, 0.25) is 0 Å². The fraction of sp³-hybridized carbons (Fsp3) is 0. The second-order valence-electron chi connectivity index (χ2n) is 6.16. The maximum absolute atomic E-state index is 12.8. The SMILES string of the molecule is Nc1ccc(NC(=O)c2cccc3c2C(=O)c2ccccc2-3)cc1C(=O)O. The lowest BCUT2D eigenvalue weighted by atomic mass is 10.00. The maximum Gasteiger partial charge on any atom is 0.337 e. The number of nitrogens with one attached hydrogen (secondary N) is 1. The van der Waals surface area contributed by atoms with Gasteiger partial charge in [0, 0.05) is 22.5 Å². The van der Waals surface area contributed by atoms with E-state index in [0.29, 0.717) is 16.7 Å². The van der Waals surface area contributed by atoms with Gasteiger partial charge in [0.2, 0.25) is 0 Å². The molecule has 0 radical (unpaired) electrons. The van der Waals surface area contributed by atoms with Gasteiger partial charge in [-0.2, -0.15) is 0 Å². The number of nitrogen functional groups attached to an aromatic ring is 1. The Kier molecular flexibility index (Phi) is 3.74. The number of fused-ring (bicyclic) bond motifs is 3. The average Bonchev–Trinajstić information content (AvgIpc) is 2.96.